The van der Waals surface area contributed by atoms with Crippen molar-refractivity contribution >= 4 is 81.9 Å². The Hall–Kier alpha value is -2.12. The van der Waals surface area contributed by atoms with Gasteiger partial charge in [0.15, 0.2) is 0 Å². The van der Waals surface area contributed by atoms with Crippen molar-refractivity contribution in [2.45, 2.75) is 56.8 Å². The Labute approximate surface area is 279 Å². The predicted molar refractivity (Wildman–Crippen MR) is 177 cm³/mol. The number of benzene rings is 3. The molecule has 0 bridgehead atoms. The fraction of sp³-hybridized carbons (Fsp3) is 0.314. The molecule has 0 unspecified atom stereocenters. The van der Waals surface area contributed by atoms with Gasteiger partial charge in [0.2, 0.25) is 0 Å². The molecule has 7 heteroatoms. The number of carboxylic acid groups (broad SMARTS) is 1. The number of aliphatic carboxylic acids is 1. The molecule has 1 radical (unpaired) electrons. The largest absolute Gasteiger partial charge is 0.481 e. The van der Waals surface area contributed by atoms with Crippen LogP contribution in [-0.4, -0.2) is 56.5 Å². The average molecular weight is 609 g/mol. The molecular formula is C35H36ClNNaO3S. The van der Waals surface area contributed by atoms with Gasteiger partial charge in [-0.15, -0.1) is 0 Å². The van der Waals surface area contributed by atoms with Crippen LogP contribution in [0.5, 0.6) is 0 Å². The molecule has 4 nitrogen and oxygen atoms in total. The van der Waals surface area contributed by atoms with Crippen molar-refractivity contribution in [3.8, 4) is 0 Å². The first kappa shape index (κ1) is 32.8. The van der Waals surface area contributed by atoms with Gasteiger partial charge in [-0.1, -0.05) is 78.3 Å². The fourth-order valence-electron chi connectivity index (χ4n) is 5.63. The number of aromatic nitrogens is 1. The van der Waals surface area contributed by atoms with Crippen LogP contribution in [-0.2, 0) is 16.8 Å². The fourth-order valence-corrected chi connectivity index (χ4v) is 7.35. The van der Waals surface area contributed by atoms with Crippen molar-refractivity contribution in [3.63, 3.8) is 0 Å². The standard InChI is InChI=1S/C35H36ClNO3S.Na/c1-34(2,40)30-11-4-3-8-25(30)10-6-20-41-33(35(18-19-35)23-32(38)39)27-9-5-7-24(21-27)12-16-29-17-14-26-13-15-28(36)22-31(26)37-29;/h3-5,7-9,11-17,21-22,33,40H,6,10,18-20,23H2,1-2H3,(H,38,39);/t33-;/m0./s1. The Morgan fingerprint density at radius 2 is 1.81 bits per heavy atom. The van der Waals surface area contributed by atoms with Gasteiger partial charge in [-0.2, -0.15) is 11.8 Å². The van der Waals surface area contributed by atoms with E-state index in [-0.39, 0.29) is 46.6 Å². The van der Waals surface area contributed by atoms with Crippen LogP contribution >= 0.6 is 23.4 Å². The average Bonchev–Trinajstić information content (AvgIpc) is 3.70. The zero-order chi connectivity index (χ0) is 29.0. The van der Waals surface area contributed by atoms with Gasteiger partial charge in [0.1, 0.15) is 0 Å². The van der Waals surface area contributed by atoms with E-state index >= 15 is 0 Å². The third-order valence-corrected chi connectivity index (χ3v) is 9.70. The van der Waals surface area contributed by atoms with Crippen LogP contribution in [0.4, 0.5) is 0 Å². The molecular weight excluding hydrogens is 573 g/mol. The molecule has 1 aliphatic carbocycles. The number of carbonyl (C=O) groups is 1. The van der Waals surface area contributed by atoms with E-state index in [1.54, 1.807) is 0 Å². The third-order valence-electron chi connectivity index (χ3n) is 7.84. The molecule has 1 saturated carbocycles. The summed E-state index contributed by atoms with van der Waals surface area (Å²) in [6.07, 6.45) is 7.95. The molecule has 0 amide bonds. The van der Waals surface area contributed by atoms with Gasteiger partial charge < -0.3 is 10.2 Å². The molecule has 42 heavy (non-hydrogen) atoms. The van der Waals surface area contributed by atoms with Gasteiger partial charge in [-0.05, 0) is 97.2 Å². The van der Waals surface area contributed by atoms with Crippen molar-refractivity contribution in [1.29, 1.82) is 0 Å². The zero-order valence-corrected chi connectivity index (χ0v) is 28.1. The van der Waals surface area contributed by atoms with Crippen molar-refractivity contribution in [3.05, 3.63) is 112 Å². The van der Waals surface area contributed by atoms with Gasteiger partial charge in [0.05, 0.1) is 23.2 Å². The number of aryl methyl sites for hydroxylation is 1. The van der Waals surface area contributed by atoms with Crippen molar-refractivity contribution in [2.75, 3.05) is 5.75 Å². The SMILES string of the molecule is CC(C)(O)c1ccccc1CCCS[C@@H](c1cccc(C=Cc2ccc3ccc(Cl)cc3n2)c1)C1(CC(=O)O)CC1.[Na]. The van der Waals surface area contributed by atoms with Crippen LogP contribution in [0.2, 0.25) is 5.02 Å². The topological polar surface area (TPSA) is 70.4 Å². The molecule has 0 aliphatic heterocycles. The maximum absolute atomic E-state index is 11.8. The Kier molecular flexibility index (Phi) is 11.0. The molecule has 0 spiro atoms. The predicted octanol–water partition coefficient (Wildman–Crippen LogP) is 8.57. The second-order valence-electron chi connectivity index (χ2n) is 11.6. The van der Waals surface area contributed by atoms with E-state index in [0.717, 1.165) is 59.2 Å². The number of thioether (sulfide) groups is 1. The van der Waals surface area contributed by atoms with Crippen molar-refractivity contribution in [2.24, 2.45) is 5.41 Å². The summed E-state index contributed by atoms with van der Waals surface area (Å²) in [5.74, 6) is 0.182. The van der Waals surface area contributed by atoms with E-state index in [0.29, 0.717) is 5.02 Å². The summed E-state index contributed by atoms with van der Waals surface area (Å²) in [6, 6.07) is 26.3. The van der Waals surface area contributed by atoms with E-state index < -0.39 is 11.6 Å². The summed E-state index contributed by atoms with van der Waals surface area (Å²) >= 11 is 8.03. The minimum atomic E-state index is -0.880. The van der Waals surface area contributed by atoms with Gasteiger partial charge >= 0.3 is 5.97 Å². The molecule has 1 aromatic heterocycles. The molecule has 3 aromatic carbocycles. The molecule has 0 saturated heterocycles. The zero-order valence-electron chi connectivity index (χ0n) is 24.5. The number of hydrogen-bond donors (Lipinski definition) is 2. The van der Waals surface area contributed by atoms with Gasteiger partial charge in [-0.25, -0.2) is 4.98 Å². The third kappa shape index (κ3) is 8.28. The Morgan fingerprint density at radius 1 is 1.05 bits per heavy atom. The first-order chi connectivity index (χ1) is 19.6. The quantitative estimate of drug-likeness (QED) is 0.125. The second-order valence-corrected chi connectivity index (χ2v) is 13.2. The number of pyridine rings is 1. The Morgan fingerprint density at radius 3 is 2.55 bits per heavy atom. The van der Waals surface area contributed by atoms with E-state index in [2.05, 4.69) is 36.4 Å². The minimum absolute atomic E-state index is 0. The molecule has 1 atom stereocenters. The Bertz CT molecular complexity index is 1580. The molecule has 213 valence electrons. The smallest absolute Gasteiger partial charge is 0.303 e. The summed E-state index contributed by atoms with van der Waals surface area (Å²) in [6.45, 7) is 3.65. The maximum Gasteiger partial charge on any atom is 0.303 e. The first-order valence-electron chi connectivity index (χ1n) is 14.1. The first-order valence-corrected chi connectivity index (χ1v) is 15.5. The minimum Gasteiger partial charge on any atom is -0.481 e. The van der Waals surface area contributed by atoms with Crippen LogP contribution in [0.3, 0.4) is 0 Å². The Balaban J connectivity index is 0.00000405. The number of aliphatic hydroxyl groups is 1. The number of halogens is 1. The number of nitrogens with zero attached hydrogens (tertiary/aromatic N) is 1. The molecule has 4 aromatic rings. The van der Waals surface area contributed by atoms with Crippen LogP contribution in [0.25, 0.3) is 23.1 Å². The van der Waals surface area contributed by atoms with Crippen molar-refractivity contribution in [1.82, 2.24) is 4.98 Å². The monoisotopic (exact) mass is 608 g/mol. The van der Waals surface area contributed by atoms with Gasteiger partial charge in [0.25, 0.3) is 0 Å². The summed E-state index contributed by atoms with van der Waals surface area (Å²) in [5, 5.41) is 22.1. The normalized spacial score (nSPS) is 15.0. The van der Waals surface area contributed by atoms with Crippen LogP contribution in [0, 0.1) is 5.41 Å². The number of hydrogen-bond acceptors (Lipinski definition) is 4. The summed E-state index contributed by atoms with van der Waals surface area (Å²) in [5.41, 5.74) is 5.00. The van der Waals surface area contributed by atoms with Gasteiger partial charge in [0, 0.05) is 45.2 Å². The van der Waals surface area contributed by atoms with E-state index in [1.807, 2.05) is 80.2 Å². The van der Waals surface area contributed by atoms with E-state index in [9.17, 15) is 15.0 Å². The van der Waals surface area contributed by atoms with Crippen molar-refractivity contribution < 1.29 is 15.0 Å². The van der Waals surface area contributed by atoms with Gasteiger partial charge in [-0.3, -0.25) is 4.79 Å². The molecule has 2 N–H and O–H groups in total. The second kappa shape index (κ2) is 14.1. The molecule has 1 fully saturated rings. The molecule has 1 heterocycles. The van der Waals surface area contributed by atoms with E-state index in [1.165, 1.54) is 11.1 Å². The van der Waals surface area contributed by atoms with Crippen LogP contribution in [0.15, 0.2) is 78.9 Å². The number of fused-ring (bicyclic) bond motifs is 1. The number of rotatable bonds is 12. The van der Waals surface area contributed by atoms with Crippen LogP contribution < -0.4 is 0 Å². The number of carboxylic acids is 1. The summed E-state index contributed by atoms with van der Waals surface area (Å²) in [4.78, 5) is 16.5. The summed E-state index contributed by atoms with van der Waals surface area (Å²) < 4.78 is 0. The molecule has 5 rings (SSSR count). The molecule has 1 aliphatic rings. The van der Waals surface area contributed by atoms with Crippen LogP contribution in [0.1, 0.15) is 72.7 Å². The maximum atomic E-state index is 11.8. The van der Waals surface area contributed by atoms with E-state index in [4.69, 9.17) is 16.6 Å². The summed E-state index contributed by atoms with van der Waals surface area (Å²) in [7, 11) is 0.